The van der Waals surface area contributed by atoms with Crippen molar-refractivity contribution < 1.29 is 44.7 Å². The molecule has 0 aromatic heterocycles. The molecule has 1 fully saturated rings. The molecule has 0 unspecified atom stereocenters. The highest BCUT2D eigenvalue weighted by Crippen LogP contribution is 2.38. The van der Waals surface area contributed by atoms with Crippen molar-refractivity contribution in [1.82, 2.24) is 0 Å². The molecule has 13 nitrogen and oxygen atoms in total. The lowest BCUT2D eigenvalue weighted by Gasteiger charge is -2.23. The van der Waals surface area contributed by atoms with Crippen molar-refractivity contribution >= 4 is 5.97 Å². The van der Waals surface area contributed by atoms with Crippen molar-refractivity contribution in [2.24, 2.45) is 11.8 Å². The molecule has 0 radical (unpaired) electrons. The van der Waals surface area contributed by atoms with Gasteiger partial charge in [-0.25, -0.2) is 0 Å². The molecule has 0 amide bonds. The zero-order valence-corrected chi connectivity index (χ0v) is 21.8. The minimum absolute atomic E-state index is 0.0218. The van der Waals surface area contributed by atoms with E-state index in [1.807, 2.05) is 42.5 Å². The van der Waals surface area contributed by atoms with E-state index < -0.39 is 53.8 Å². The molecule has 0 saturated heterocycles. The topological polar surface area (TPSA) is 192 Å². The molecule has 39 heavy (non-hydrogen) atoms. The average Bonchev–Trinajstić information content (AvgIpc) is 3.17. The summed E-state index contributed by atoms with van der Waals surface area (Å²) in [5, 5.41) is 49.7. The Hall–Kier alpha value is -3.29. The highest BCUT2D eigenvalue weighted by Gasteiger charge is 2.40. The number of hydrogen-bond acceptors (Lipinski definition) is 11. The van der Waals surface area contributed by atoms with E-state index in [1.54, 1.807) is 0 Å². The lowest BCUT2D eigenvalue weighted by atomic mass is 9.85. The smallest absolute Gasteiger partial charge is 0.306 e. The summed E-state index contributed by atoms with van der Waals surface area (Å²) in [7, 11) is 0. The lowest BCUT2D eigenvalue weighted by Crippen LogP contribution is -2.30. The minimum Gasteiger partial charge on any atom is -0.458 e. The SMILES string of the molecule is O=C(CCC/C=C\C[C@@H]1[C@@H](CC[C@@H](O)CCc2ccccc2)[C@H](O)C[C@@H]1O)OC(CO[N+](=O)[O-])CO[N+](=O)[O-]. The van der Waals surface area contributed by atoms with Gasteiger partial charge >= 0.3 is 5.97 Å². The second-order valence-corrected chi connectivity index (χ2v) is 9.70. The van der Waals surface area contributed by atoms with Gasteiger partial charge in [0.1, 0.15) is 19.3 Å². The summed E-state index contributed by atoms with van der Waals surface area (Å²) in [6, 6.07) is 9.93. The van der Waals surface area contributed by atoms with Crippen molar-refractivity contribution in [2.75, 3.05) is 13.2 Å². The molecule has 218 valence electrons. The summed E-state index contributed by atoms with van der Waals surface area (Å²) in [6.45, 7) is -1.37. The molecule has 0 aliphatic heterocycles. The van der Waals surface area contributed by atoms with Gasteiger partial charge in [-0.1, -0.05) is 42.5 Å². The van der Waals surface area contributed by atoms with Crippen LogP contribution in [0.4, 0.5) is 0 Å². The molecule has 1 aromatic rings. The number of unbranched alkanes of at least 4 members (excludes halogenated alkanes) is 1. The first-order valence-corrected chi connectivity index (χ1v) is 13.1. The number of hydrogen-bond donors (Lipinski definition) is 3. The van der Waals surface area contributed by atoms with E-state index >= 15 is 0 Å². The molecule has 1 saturated carbocycles. The quantitative estimate of drug-likeness (QED) is 0.0748. The van der Waals surface area contributed by atoms with Crippen molar-refractivity contribution in [1.29, 1.82) is 0 Å². The van der Waals surface area contributed by atoms with Crippen molar-refractivity contribution in [2.45, 2.75) is 82.2 Å². The monoisotopic (exact) mass is 554 g/mol. The predicted molar refractivity (Wildman–Crippen MR) is 137 cm³/mol. The summed E-state index contributed by atoms with van der Waals surface area (Å²) < 4.78 is 4.96. The predicted octanol–water partition coefficient (Wildman–Crippen LogP) is 2.56. The van der Waals surface area contributed by atoms with Gasteiger partial charge in [0.05, 0.1) is 18.3 Å². The Balaban J connectivity index is 1.70. The summed E-state index contributed by atoms with van der Waals surface area (Å²) in [5.74, 6) is -0.954. The van der Waals surface area contributed by atoms with Crippen LogP contribution in [0.15, 0.2) is 42.5 Å². The Morgan fingerprint density at radius 1 is 1.00 bits per heavy atom. The number of aliphatic hydroxyl groups excluding tert-OH is 3. The van der Waals surface area contributed by atoms with Crippen LogP contribution in [0.3, 0.4) is 0 Å². The van der Waals surface area contributed by atoms with Gasteiger partial charge in [-0.2, -0.15) is 0 Å². The lowest BCUT2D eigenvalue weighted by molar-refractivity contribution is -0.768. The first-order chi connectivity index (χ1) is 18.7. The highest BCUT2D eigenvalue weighted by molar-refractivity contribution is 5.69. The maximum absolute atomic E-state index is 12.0. The molecule has 13 heteroatoms. The third-order valence-corrected chi connectivity index (χ3v) is 6.82. The Labute approximate surface area is 226 Å². The standard InChI is InChI=1S/C26H38N2O11/c29-20(13-12-19-8-4-3-5-9-19)14-15-23-22(24(30)16-25(23)31)10-6-1-2-7-11-26(32)39-21(17-37-27(33)34)18-38-28(35)36/h1,3-6,8-9,20-25,29-31H,2,7,10-18H2/b6-1-/t20-,22+,23+,24-,25+/m0/s1. The van der Waals surface area contributed by atoms with Crippen LogP contribution in [0.1, 0.15) is 56.9 Å². The number of benzene rings is 1. The Morgan fingerprint density at radius 2 is 1.64 bits per heavy atom. The normalized spacial score (nSPS) is 21.6. The van der Waals surface area contributed by atoms with Crippen molar-refractivity contribution in [3.8, 4) is 0 Å². The van der Waals surface area contributed by atoms with E-state index in [0.717, 1.165) is 12.0 Å². The van der Waals surface area contributed by atoms with Gasteiger partial charge in [-0.15, -0.1) is 20.2 Å². The van der Waals surface area contributed by atoms with Crippen molar-refractivity contribution in [3.63, 3.8) is 0 Å². The highest BCUT2D eigenvalue weighted by atomic mass is 17.0. The Bertz CT molecular complexity index is 896. The van der Waals surface area contributed by atoms with E-state index in [9.17, 15) is 40.3 Å². The third kappa shape index (κ3) is 12.9. The number of ether oxygens (including phenoxy) is 1. The third-order valence-electron chi connectivity index (χ3n) is 6.82. The maximum Gasteiger partial charge on any atom is 0.306 e. The van der Waals surface area contributed by atoms with Gasteiger partial charge in [-0.05, 0) is 68.8 Å². The number of rotatable bonds is 19. The van der Waals surface area contributed by atoms with Gasteiger partial charge in [0, 0.05) is 6.42 Å². The zero-order chi connectivity index (χ0) is 28.6. The number of carbonyl (C=O) groups excluding carboxylic acids is 1. The number of aryl methyl sites for hydroxylation is 1. The average molecular weight is 555 g/mol. The fourth-order valence-electron chi connectivity index (χ4n) is 4.80. The summed E-state index contributed by atoms with van der Waals surface area (Å²) in [6.07, 6.45) is 5.04. The molecule has 1 aliphatic rings. The minimum atomic E-state index is -1.30. The number of allylic oxidation sites excluding steroid dienone is 2. The number of carbonyl (C=O) groups is 1. The van der Waals surface area contributed by atoms with Crippen LogP contribution in [0.2, 0.25) is 0 Å². The maximum atomic E-state index is 12.0. The molecular formula is C26H38N2O11. The van der Waals surface area contributed by atoms with Gasteiger partial charge in [0.25, 0.3) is 10.2 Å². The zero-order valence-electron chi connectivity index (χ0n) is 21.8. The fourth-order valence-corrected chi connectivity index (χ4v) is 4.80. The molecule has 1 aliphatic carbocycles. The Kier molecular flexibility index (Phi) is 14.2. The van der Waals surface area contributed by atoms with Crippen LogP contribution in [-0.4, -0.2) is 69.1 Å². The second-order valence-electron chi connectivity index (χ2n) is 9.70. The van der Waals surface area contributed by atoms with Gasteiger partial charge in [0.15, 0.2) is 0 Å². The summed E-state index contributed by atoms with van der Waals surface area (Å²) in [5.41, 5.74) is 1.16. The Morgan fingerprint density at radius 3 is 2.28 bits per heavy atom. The van der Waals surface area contributed by atoms with E-state index in [2.05, 4.69) is 9.68 Å². The van der Waals surface area contributed by atoms with Gasteiger partial charge in [0.2, 0.25) is 0 Å². The molecule has 1 aromatic carbocycles. The van der Waals surface area contributed by atoms with Crippen molar-refractivity contribution in [3.05, 3.63) is 68.3 Å². The van der Waals surface area contributed by atoms with E-state index in [1.165, 1.54) is 0 Å². The number of nitrogens with zero attached hydrogens (tertiary/aromatic N) is 2. The second kappa shape index (κ2) is 17.3. The molecule has 0 bridgehead atoms. The molecule has 0 heterocycles. The van der Waals surface area contributed by atoms with Crippen LogP contribution in [-0.2, 0) is 25.6 Å². The van der Waals surface area contributed by atoms with Gasteiger partial charge in [-0.3, -0.25) is 4.79 Å². The molecule has 0 spiro atoms. The summed E-state index contributed by atoms with van der Waals surface area (Å²) in [4.78, 5) is 40.8. The van der Waals surface area contributed by atoms with Crippen LogP contribution in [0, 0.1) is 32.1 Å². The first-order valence-electron chi connectivity index (χ1n) is 13.1. The van der Waals surface area contributed by atoms with E-state index in [-0.39, 0.29) is 18.3 Å². The van der Waals surface area contributed by atoms with Crippen LogP contribution in [0.25, 0.3) is 0 Å². The van der Waals surface area contributed by atoms with Crippen LogP contribution in [0.5, 0.6) is 0 Å². The van der Waals surface area contributed by atoms with Crippen LogP contribution < -0.4 is 0 Å². The number of esters is 1. The molecule has 2 rings (SSSR count). The summed E-state index contributed by atoms with van der Waals surface area (Å²) >= 11 is 0. The first kappa shape index (κ1) is 31.9. The molecular weight excluding hydrogens is 516 g/mol. The fraction of sp³-hybridized carbons (Fsp3) is 0.654. The van der Waals surface area contributed by atoms with Gasteiger partial charge < -0.3 is 29.7 Å². The van der Waals surface area contributed by atoms with Crippen LogP contribution >= 0.6 is 0 Å². The number of aliphatic hydroxyl groups is 3. The van der Waals surface area contributed by atoms with E-state index in [4.69, 9.17) is 4.74 Å². The van der Waals surface area contributed by atoms with E-state index in [0.29, 0.717) is 44.9 Å². The molecule has 3 N–H and O–H groups in total. The largest absolute Gasteiger partial charge is 0.458 e. The molecule has 5 atom stereocenters.